The fourth-order valence-corrected chi connectivity index (χ4v) is 1.83. The summed E-state index contributed by atoms with van der Waals surface area (Å²) in [6.07, 6.45) is 0.781. The van der Waals surface area contributed by atoms with Gasteiger partial charge >= 0.3 is 0 Å². The van der Waals surface area contributed by atoms with Gasteiger partial charge in [-0.3, -0.25) is 0 Å². The van der Waals surface area contributed by atoms with E-state index in [1.165, 1.54) is 26.2 Å². The van der Waals surface area contributed by atoms with E-state index in [1.54, 1.807) is 0 Å². The highest BCUT2D eigenvalue weighted by atomic mass is 19.2. The monoisotopic (exact) mass is 331 g/mol. The normalized spacial score (nSPS) is 11.3. The number of hydrogen-bond donors (Lipinski definition) is 1. The second-order valence-corrected chi connectivity index (χ2v) is 4.56. The van der Waals surface area contributed by atoms with Crippen LogP contribution in [0.2, 0.25) is 0 Å². The molecule has 8 heteroatoms. The molecule has 0 aromatic heterocycles. The number of nitrogens with zero attached hydrogens (tertiary/aromatic N) is 1. The lowest BCUT2D eigenvalue weighted by Crippen LogP contribution is -2.01. The molecule has 0 aliphatic carbocycles. The summed E-state index contributed by atoms with van der Waals surface area (Å²) in [6.45, 7) is 1.54. The van der Waals surface area contributed by atoms with E-state index in [9.17, 15) is 27.1 Å². The highest BCUT2D eigenvalue weighted by Crippen LogP contribution is 2.31. The summed E-state index contributed by atoms with van der Waals surface area (Å²) in [6, 6.07) is 2.78. The number of ether oxygens (including phenoxy) is 1. The van der Waals surface area contributed by atoms with Gasteiger partial charge in [0.15, 0.2) is 23.3 Å². The summed E-state index contributed by atoms with van der Waals surface area (Å²) in [5.41, 5.74) is -0.977. The molecule has 0 amide bonds. The second kappa shape index (κ2) is 6.23. The molecule has 2 aromatic rings. The number of aliphatic imine (C=N–C) groups is 1. The summed E-state index contributed by atoms with van der Waals surface area (Å²) >= 11 is 0. The zero-order chi connectivity index (χ0) is 17.3. The van der Waals surface area contributed by atoms with Crippen molar-refractivity contribution >= 4 is 11.9 Å². The summed E-state index contributed by atoms with van der Waals surface area (Å²) in [7, 11) is 1.36. The van der Waals surface area contributed by atoms with Crippen molar-refractivity contribution in [3.63, 3.8) is 0 Å². The van der Waals surface area contributed by atoms with Crippen LogP contribution in [0.15, 0.2) is 17.1 Å². The quantitative estimate of drug-likeness (QED) is 0.397. The Bertz CT molecular complexity index is 776. The van der Waals surface area contributed by atoms with Crippen LogP contribution in [0.3, 0.4) is 0 Å². The van der Waals surface area contributed by atoms with Crippen molar-refractivity contribution in [2.75, 3.05) is 7.11 Å². The molecule has 0 aliphatic heterocycles. The average Bonchev–Trinajstić information content (AvgIpc) is 2.54. The van der Waals surface area contributed by atoms with Gasteiger partial charge in [-0.15, -0.1) is 0 Å². The third-order valence-electron chi connectivity index (χ3n) is 3.06. The Balaban J connectivity index is 2.56. The molecule has 0 atom stereocenters. The molecular weight excluding hydrogens is 321 g/mol. The Morgan fingerprint density at radius 3 is 2.00 bits per heavy atom. The van der Waals surface area contributed by atoms with E-state index in [-0.39, 0.29) is 11.3 Å². The summed E-state index contributed by atoms with van der Waals surface area (Å²) < 4.78 is 71.1. The van der Waals surface area contributed by atoms with Gasteiger partial charge in [0, 0.05) is 11.8 Å². The summed E-state index contributed by atoms with van der Waals surface area (Å²) in [4.78, 5) is 3.28. The molecule has 0 saturated heterocycles. The van der Waals surface area contributed by atoms with Gasteiger partial charge in [0.1, 0.15) is 17.2 Å². The van der Waals surface area contributed by atoms with Crippen LogP contribution in [0.1, 0.15) is 11.1 Å². The first-order valence-corrected chi connectivity index (χ1v) is 6.21. The van der Waals surface area contributed by atoms with Crippen LogP contribution in [0.25, 0.3) is 0 Å². The fourth-order valence-electron chi connectivity index (χ4n) is 1.83. The first kappa shape index (κ1) is 16.7. The number of aryl methyl sites for hydroxylation is 1. The van der Waals surface area contributed by atoms with Crippen molar-refractivity contribution in [1.82, 2.24) is 0 Å². The highest BCUT2D eigenvalue weighted by Gasteiger charge is 2.25. The summed E-state index contributed by atoms with van der Waals surface area (Å²) in [5, 5.41) is 9.84. The van der Waals surface area contributed by atoms with Gasteiger partial charge in [0.25, 0.3) is 0 Å². The minimum Gasteiger partial charge on any atom is -0.507 e. The van der Waals surface area contributed by atoms with Crippen LogP contribution < -0.4 is 4.74 Å². The van der Waals surface area contributed by atoms with Gasteiger partial charge in [-0.2, -0.15) is 0 Å². The molecule has 0 radical (unpaired) electrons. The molecule has 0 bridgehead atoms. The highest BCUT2D eigenvalue weighted by molar-refractivity contribution is 5.86. The van der Waals surface area contributed by atoms with Crippen molar-refractivity contribution in [2.45, 2.75) is 6.92 Å². The molecule has 122 valence electrons. The van der Waals surface area contributed by atoms with Crippen LogP contribution in [0.5, 0.6) is 11.5 Å². The Labute approximate surface area is 127 Å². The molecule has 0 heterocycles. The van der Waals surface area contributed by atoms with E-state index < -0.39 is 34.8 Å². The van der Waals surface area contributed by atoms with Crippen LogP contribution in [0, 0.1) is 36.0 Å². The third-order valence-corrected chi connectivity index (χ3v) is 3.06. The number of halogens is 5. The molecular formula is C15H10F5NO2. The molecule has 2 rings (SSSR count). The summed E-state index contributed by atoms with van der Waals surface area (Å²) in [5.74, 6) is -10.5. The first-order valence-electron chi connectivity index (χ1n) is 6.21. The van der Waals surface area contributed by atoms with E-state index >= 15 is 0 Å². The molecule has 23 heavy (non-hydrogen) atoms. The van der Waals surface area contributed by atoms with Crippen molar-refractivity contribution in [3.05, 3.63) is 52.3 Å². The fraction of sp³-hybridized carbons (Fsp3) is 0.133. The van der Waals surface area contributed by atoms with Crippen LogP contribution in [0.4, 0.5) is 27.6 Å². The Morgan fingerprint density at radius 2 is 1.48 bits per heavy atom. The molecule has 0 unspecified atom stereocenters. The van der Waals surface area contributed by atoms with E-state index in [0.717, 1.165) is 6.21 Å². The molecule has 3 nitrogen and oxygen atoms in total. The lowest BCUT2D eigenvalue weighted by Gasteiger charge is -2.07. The zero-order valence-electron chi connectivity index (χ0n) is 11.9. The number of phenolic OH excluding ortho intramolecular Hbond substituents is 1. The molecule has 0 spiro atoms. The van der Waals surface area contributed by atoms with E-state index in [4.69, 9.17) is 4.74 Å². The maximum atomic E-state index is 13.5. The van der Waals surface area contributed by atoms with Crippen molar-refractivity contribution in [2.24, 2.45) is 4.99 Å². The van der Waals surface area contributed by atoms with Crippen molar-refractivity contribution in [3.8, 4) is 11.5 Å². The third kappa shape index (κ3) is 2.96. The standard InChI is InChI=1S/C15H10F5NO2/c1-6-3-8(23-2)4-7(15(6)22)5-21-14-12(19)10(17)9(16)11(18)13(14)20/h3-5,22H,1-2H3. The van der Waals surface area contributed by atoms with Crippen LogP contribution >= 0.6 is 0 Å². The number of methoxy groups -OCH3 is 1. The SMILES string of the molecule is COc1cc(C)c(O)c(C=Nc2c(F)c(F)c(F)c(F)c2F)c1. The van der Waals surface area contributed by atoms with Gasteiger partial charge in [0.05, 0.1) is 7.11 Å². The van der Waals surface area contributed by atoms with E-state index in [1.807, 2.05) is 0 Å². The average molecular weight is 331 g/mol. The van der Waals surface area contributed by atoms with Crippen molar-refractivity contribution in [1.29, 1.82) is 0 Å². The number of aromatic hydroxyl groups is 1. The molecule has 2 aromatic carbocycles. The molecule has 0 fully saturated rings. The van der Waals surface area contributed by atoms with E-state index in [0.29, 0.717) is 11.3 Å². The minimum absolute atomic E-state index is 0.00853. The molecule has 0 saturated carbocycles. The topological polar surface area (TPSA) is 41.8 Å². The van der Waals surface area contributed by atoms with Gasteiger partial charge in [-0.1, -0.05) is 0 Å². The number of phenols is 1. The predicted molar refractivity (Wildman–Crippen MR) is 72.9 cm³/mol. The van der Waals surface area contributed by atoms with E-state index in [2.05, 4.69) is 4.99 Å². The van der Waals surface area contributed by atoms with Gasteiger partial charge in [0.2, 0.25) is 5.82 Å². The second-order valence-electron chi connectivity index (χ2n) is 4.56. The van der Waals surface area contributed by atoms with Gasteiger partial charge < -0.3 is 9.84 Å². The predicted octanol–water partition coefficient (Wildman–Crippen LogP) is 4.16. The number of hydrogen-bond acceptors (Lipinski definition) is 3. The largest absolute Gasteiger partial charge is 0.507 e. The Kier molecular flexibility index (Phi) is 4.53. The van der Waals surface area contributed by atoms with Crippen molar-refractivity contribution < 1.29 is 31.8 Å². The molecule has 1 N–H and O–H groups in total. The first-order chi connectivity index (χ1) is 10.8. The zero-order valence-corrected chi connectivity index (χ0v) is 11.9. The Hall–Kier alpha value is -2.64. The maximum Gasteiger partial charge on any atom is 0.200 e. The lowest BCUT2D eigenvalue weighted by molar-refractivity contribution is 0.381. The maximum absolute atomic E-state index is 13.5. The van der Waals surface area contributed by atoms with Crippen LogP contribution in [-0.4, -0.2) is 18.4 Å². The van der Waals surface area contributed by atoms with Crippen LogP contribution in [-0.2, 0) is 0 Å². The number of benzene rings is 2. The van der Waals surface area contributed by atoms with Gasteiger partial charge in [-0.05, 0) is 24.6 Å². The van der Waals surface area contributed by atoms with Gasteiger partial charge in [-0.25, -0.2) is 26.9 Å². The molecule has 0 aliphatic rings. The minimum atomic E-state index is -2.26. The Morgan fingerprint density at radius 1 is 0.957 bits per heavy atom. The number of rotatable bonds is 3. The smallest absolute Gasteiger partial charge is 0.200 e. The lowest BCUT2D eigenvalue weighted by atomic mass is 10.1.